The molecule has 1 fully saturated rings. The van der Waals surface area contributed by atoms with Crippen LogP contribution in [0.25, 0.3) is 11.1 Å². The molecular weight excluding hydrogens is 378 g/mol. The fourth-order valence-electron chi connectivity index (χ4n) is 3.42. The molecule has 0 saturated carbocycles. The highest BCUT2D eigenvalue weighted by molar-refractivity contribution is 6.04. The van der Waals surface area contributed by atoms with E-state index in [-0.39, 0.29) is 11.7 Å². The number of nitrogens with zero attached hydrogens (tertiary/aromatic N) is 2. The van der Waals surface area contributed by atoms with Crippen molar-refractivity contribution in [3.63, 3.8) is 0 Å². The largest absolute Gasteiger partial charge is 0.378 e. The summed E-state index contributed by atoms with van der Waals surface area (Å²) in [7, 11) is 0. The molecule has 0 unspecified atom stereocenters. The Morgan fingerprint density at radius 1 is 0.933 bits per heavy atom. The highest BCUT2D eigenvalue weighted by Crippen LogP contribution is 2.23. The van der Waals surface area contributed by atoms with Crippen molar-refractivity contribution in [3.05, 3.63) is 78.1 Å². The molecule has 1 N–H and O–H groups in total. The van der Waals surface area contributed by atoms with Crippen LogP contribution in [-0.4, -0.2) is 43.0 Å². The number of amides is 1. The first-order chi connectivity index (χ1) is 14.6. The zero-order chi connectivity index (χ0) is 20.9. The van der Waals surface area contributed by atoms with E-state index in [1.54, 1.807) is 18.3 Å². The second kappa shape index (κ2) is 8.88. The van der Waals surface area contributed by atoms with E-state index in [0.29, 0.717) is 11.1 Å². The molecule has 1 saturated heterocycles. The van der Waals surface area contributed by atoms with Gasteiger partial charge in [-0.15, -0.1) is 0 Å². The zero-order valence-electron chi connectivity index (χ0n) is 16.8. The Balaban J connectivity index is 1.48. The van der Waals surface area contributed by atoms with Crippen LogP contribution in [0.5, 0.6) is 0 Å². The average molecular weight is 401 g/mol. The first-order valence-electron chi connectivity index (χ1n) is 9.91. The van der Waals surface area contributed by atoms with Gasteiger partial charge in [-0.25, -0.2) is 0 Å². The number of ketones is 1. The molecule has 1 aliphatic rings. The molecule has 2 heterocycles. The summed E-state index contributed by atoms with van der Waals surface area (Å²) in [5.41, 5.74) is 4.56. The van der Waals surface area contributed by atoms with Gasteiger partial charge in [0.05, 0.1) is 18.8 Å². The number of aromatic nitrogens is 1. The van der Waals surface area contributed by atoms with Crippen molar-refractivity contribution in [2.75, 3.05) is 36.5 Å². The normalized spacial score (nSPS) is 13.7. The van der Waals surface area contributed by atoms with Gasteiger partial charge in [0.25, 0.3) is 5.91 Å². The Morgan fingerprint density at radius 3 is 2.40 bits per heavy atom. The lowest BCUT2D eigenvalue weighted by atomic mass is 10.0. The predicted molar refractivity (Wildman–Crippen MR) is 117 cm³/mol. The topological polar surface area (TPSA) is 71.5 Å². The van der Waals surface area contributed by atoms with Gasteiger partial charge in [-0.05, 0) is 48.9 Å². The van der Waals surface area contributed by atoms with Gasteiger partial charge in [0.1, 0.15) is 0 Å². The first-order valence-corrected chi connectivity index (χ1v) is 9.91. The summed E-state index contributed by atoms with van der Waals surface area (Å²) in [5.74, 6) is -0.231. The lowest BCUT2D eigenvalue weighted by molar-refractivity contribution is 0.101. The summed E-state index contributed by atoms with van der Waals surface area (Å²) in [6.45, 7) is 4.74. The monoisotopic (exact) mass is 401 g/mol. The van der Waals surface area contributed by atoms with E-state index in [9.17, 15) is 9.59 Å². The summed E-state index contributed by atoms with van der Waals surface area (Å²) in [6, 6.07) is 16.9. The number of carbonyl (C=O) groups excluding carboxylic acids is 2. The molecule has 30 heavy (non-hydrogen) atoms. The predicted octanol–water partition coefficient (Wildman–Crippen LogP) is 4.04. The Morgan fingerprint density at radius 2 is 1.67 bits per heavy atom. The van der Waals surface area contributed by atoms with Crippen molar-refractivity contribution in [2.24, 2.45) is 0 Å². The molecule has 0 bridgehead atoms. The number of rotatable bonds is 5. The second-order valence-electron chi connectivity index (χ2n) is 7.20. The highest BCUT2D eigenvalue weighted by Gasteiger charge is 2.12. The minimum atomic E-state index is -0.230. The van der Waals surface area contributed by atoms with Crippen molar-refractivity contribution in [2.45, 2.75) is 6.92 Å². The third kappa shape index (κ3) is 4.55. The van der Waals surface area contributed by atoms with Crippen LogP contribution in [0.2, 0.25) is 0 Å². The van der Waals surface area contributed by atoms with Gasteiger partial charge in [0.15, 0.2) is 5.78 Å². The molecular formula is C24H23N3O3. The van der Waals surface area contributed by atoms with E-state index < -0.39 is 0 Å². The van der Waals surface area contributed by atoms with Crippen molar-refractivity contribution < 1.29 is 14.3 Å². The molecule has 152 valence electrons. The molecule has 1 amide bonds. The number of carbonyl (C=O) groups is 2. The Hall–Kier alpha value is -3.51. The zero-order valence-corrected chi connectivity index (χ0v) is 16.8. The van der Waals surface area contributed by atoms with Crippen LogP contribution in [0.1, 0.15) is 27.6 Å². The first kappa shape index (κ1) is 19.8. The molecule has 2 aromatic carbocycles. The average Bonchev–Trinajstić information content (AvgIpc) is 2.80. The van der Waals surface area contributed by atoms with Crippen LogP contribution in [0.4, 0.5) is 11.4 Å². The number of hydrogen-bond acceptors (Lipinski definition) is 5. The van der Waals surface area contributed by atoms with Crippen molar-refractivity contribution in [1.29, 1.82) is 0 Å². The molecule has 0 spiro atoms. The Labute approximate surface area is 175 Å². The van der Waals surface area contributed by atoms with Crippen molar-refractivity contribution in [1.82, 2.24) is 4.98 Å². The number of benzene rings is 2. The Bertz CT molecular complexity index is 1060. The molecule has 1 aromatic heterocycles. The number of morpholine rings is 1. The number of ether oxygens (including phenoxy) is 1. The van der Waals surface area contributed by atoms with Gasteiger partial charge in [-0.2, -0.15) is 0 Å². The van der Waals surface area contributed by atoms with E-state index in [2.05, 4.69) is 15.2 Å². The molecule has 4 rings (SSSR count). The molecule has 0 radical (unpaired) electrons. The Kier molecular flexibility index (Phi) is 5.86. The summed E-state index contributed by atoms with van der Waals surface area (Å²) >= 11 is 0. The van der Waals surface area contributed by atoms with Gasteiger partial charge >= 0.3 is 0 Å². The smallest absolute Gasteiger partial charge is 0.257 e. The third-order valence-electron chi connectivity index (χ3n) is 5.10. The molecule has 0 aliphatic carbocycles. The molecule has 1 aliphatic heterocycles. The molecule has 3 aromatic rings. The summed E-state index contributed by atoms with van der Waals surface area (Å²) < 4.78 is 5.38. The van der Waals surface area contributed by atoms with Gasteiger partial charge < -0.3 is 15.0 Å². The van der Waals surface area contributed by atoms with Gasteiger partial charge in [-0.3, -0.25) is 14.6 Å². The number of Topliss-reactive ketones (excluding diaryl/α,β-unsaturated/α-hetero) is 1. The fraction of sp³-hybridized carbons (Fsp3) is 0.208. The van der Waals surface area contributed by atoms with Crippen LogP contribution in [-0.2, 0) is 4.74 Å². The lowest BCUT2D eigenvalue weighted by Gasteiger charge is -2.28. The second-order valence-corrected chi connectivity index (χ2v) is 7.20. The minimum absolute atomic E-state index is 0.000710. The van der Waals surface area contributed by atoms with E-state index in [1.165, 1.54) is 13.1 Å². The van der Waals surface area contributed by atoms with Crippen LogP contribution in [0, 0.1) is 0 Å². The maximum Gasteiger partial charge on any atom is 0.257 e. The maximum atomic E-state index is 12.7. The standard InChI is InChI=1S/C24H23N3O3/c1-17(28)18-3-2-4-19(13-18)20-14-21(16-25-15-20)24(29)26-22-5-7-23(8-6-22)27-9-11-30-12-10-27/h2-8,13-16H,9-12H2,1H3,(H,26,29). The number of anilines is 2. The van der Waals surface area contributed by atoms with Crippen molar-refractivity contribution >= 4 is 23.1 Å². The number of nitrogens with one attached hydrogen (secondary N) is 1. The highest BCUT2D eigenvalue weighted by atomic mass is 16.5. The molecule has 6 heteroatoms. The van der Waals surface area contributed by atoms with Gasteiger partial charge in [0, 0.05) is 48.0 Å². The van der Waals surface area contributed by atoms with Gasteiger partial charge in [0.2, 0.25) is 0 Å². The van der Waals surface area contributed by atoms with E-state index >= 15 is 0 Å². The van der Waals surface area contributed by atoms with Crippen LogP contribution < -0.4 is 10.2 Å². The third-order valence-corrected chi connectivity index (χ3v) is 5.10. The fourth-order valence-corrected chi connectivity index (χ4v) is 3.42. The van der Waals surface area contributed by atoms with Crippen LogP contribution in [0.3, 0.4) is 0 Å². The van der Waals surface area contributed by atoms with E-state index in [1.807, 2.05) is 42.5 Å². The summed E-state index contributed by atoms with van der Waals surface area (Å²) in [4.78, 5) is 30.8. The quantitative estimate of drug-likeness (QED) is 0.654. The maximum absolute atomic E-state index is 12.7. The van der Waals surface area contributed by atoms with Crippen LogP contribution >= 0.6 is 0 Å². The lowest BCUT2D eigenvalue weighted by Crippen LogP contribution is -2.36. The van der Waals surface area contributed by atoms with Gasteiger partial charge in [-0.1, -0.05) is 18.2 Å². The number of hydrogen-bond donors (Lipinski definition) is 1. The summed E-state index contributed by atoms with van der Waals surface area (Å²) in [5, 5.41) is 2.92. The molecule has 6 nitrogen and oxygen atoms in total. The summed E-state index contributed by atoms with van der Waals surface area (Å²) in [6.07, 6.45) is 3.23. The molecule has 0 atom stereocenters. The van der Waals surface area contributed by atoms with E-state index in [4.69, 9.17) is 4.74 Å². The number of pyridine rings is 1. The van der Waals surface area contributed by atoms with Crippen molar-refractivity contribution in [3.8, 4) is 11.1 Å². The van der Waals surface area contributed by atoms with Crippen LogP contribution in [0.15, 0.2) is 67.0 Å². The SMILES string of the molecule is CC(=O)c1cccc(-c2cncc(C(=O)Nc3ccc(N4CCOCC4)cc3)c2)c1. The van der Waals surface area contributed by atoms with E-state index in [0.717, 1.165) is 48.8 Å². The minimum Gasteiger partial charge on any atom is -0.378 e.